The topological polar surface area (TPSA) is 94.0 Å². The van der Waals surface area contributed by atoms with E-state index in [9.17, 15) is 26.7 Å². The molecule has 172 valence electrons. The predicted octanol–water partition coefficient (Wildman–Crippen LogP) is 2.43. The molecule has 0 saturated carbocycles. The van der Waals surface area contributed by atoms with Crippen molar-refractivity contribution in [2.75, 3.05) is 32.7 Å². The van der Waals surface area contributed by atoms with Crippen LogP contribution in [-0.2, 0) is 10.0 Å². The van der Waals surface area contributed by atoms with Crippen LogP contribution in [0.5, 0.6) is 0 Å². The molecule has 0 aliphatic carbocycles. The molecule has 0 atom stereocenters. The summed E-state index contributed by atoms with van der Waals surface area (Å²) in [5, 5.41) is 17.0. The Hall–Kier alpha value is -1.07. The number of aliphatic hydroxyl groups is 1. The summed E-state index contributed by atoms with van der Waals surface area (Å²) in [4.78, 5) is 4.48. The van der Waals surface area contributed by atoms with Crippen LogP contribution >= 0.6 is 0 Å². The Bertz CT molecular complexity index is 612. The van der Waals surface area contributed by atoms with Crippen molar-refractivity contribution in [1.29, 1.82) is 0 Å². The van der Waals surface area contributed by atoms with Crippen molar-refractivity contribution in [2.45, 2.75) is 70.4 Å². The maximum Gasteiger partial charge on any atom is 0.511 e. The Morgan fingerprint density at radius 3 is 2.10 bits per heavy atom. The second kappa shape index (κ2) is 11.4. The van der Waals surface area contributed by atoms with E-state index in [4.69, 9.17) is 0 Å². The lowest BCUT2D eigenvalue weighted by atomic mass is 9.93. The molecule has 3 N–H and O–H groups in total. The summed E-state index contributed by atoms with van der Waals surface area (Å²) in [6, 6.07) is 0. The molecule has 0 bridgehead atoms. The number of nitrogens with zero attached hydrogens (tertiary/aromatic N) is 2. The molecular formula is C18H35F3N4O3S. The van der Waals surface area contributed by atoms with Crippen LogP contribution in [0, 0.1) is 5.92 Å². The fourth-order valence-corrected chi connectivity index (χ4v) is 4.51. The van der Waals surface area contributed by atoms with Gasteiger partial charge in [0.25, 0.3) is 0 Å². The molecule has 1 saturated heterocycles. The van der Waals surface area contributed by atoms with Crippen LogP contribution in [0.4, 0.5) is 13.2 Å². The van der Waals surface area contributed by atoms with E-state index in [0.29, 0.717) is 49.0 Å². The Balaban J connectivity index is 2.61. The van der Waals surface area contributed by atoms with Crippen LogP contribution in [0.25, 0.3) is 0 Å². The van der Waals surface area contributed by atoms with E-state index in [2.05, 4.69) is 15.6 Å². The zero-order valence-electron chi connectivity index (χ0n) is 17.6. The van der Waals surface area contributed by atoms with Gasteiger partial charge in [-0.1, -0.05) is 26.7 Å². The molecule has 0 radical (unpaired) electrons. The van der Waals surface area contributed by atoms with Crippen LogP contribution in [0.1, 0.15) is 59.3 Å². The summed E-state index contributed by atoms with van der Waals surface area (Å²) in [6.45, 7) is 7.04. The lowest BCUT2D eigenvalue weighted by molar-refractivity contribution is -0.0496. The van der Waals surface area contributed by atoms with Gasteiger partial charge in [0.05, 0.1) is 12.1 Å². The molecule has 0 aromatic heterocycles. The van der Waals surface area contributed by atoms with E-state index in [1.165, 1.54) is 0 Å². The first kappa shape index (κ1) is 26.0. The van der Waals surface area contributed by atoms with Gasteiger partial charge >= 0.3 is 15.5 Å². The third-order valence-electron chi connectivity index (χ3n) is 5.07. The molecule has 1 aliphatic heterocycles. The molecule has 1 heterocycles. The number of piperidine rings is 1. The van der Waals surface area contributed by atoms with Gasteiger partial charge in [-0.15, -0.1) is 0 Å². The minimum absolute atomic E-state index is 0.0451. The van der Waals surface area contributed by atoms with Gasteiger partial charge in [0.1, 0.15) is 0 Å². The van der Waals surface area contributed by atoms with Crippen molar-refractivity contribution >= 4 is 16.0 Å². The molecule has 0 amide bonds. The first-order valence-corrected chi connectivity index (χ1v) is 11.7. The van der Waals surface area contributed by atoms with Gasteiger partial charge in [-0.3, -0.25) is 4.99 Å². The van der Waals surface area contributed by atoms with Gasteiger partial charge in [-0.25, -0.2) is 8.42 Å². The minimum Gasteiger partial charge on any atom is -0.388 e. The summed E-state index contributed by atoms with van der Waals surface area (Å²) >= 11 is 0. The van der Waals surface area contributed by atoms with Crippen molar-refractivity contribution in [3.63, 3.8) is 0 Å². The third-order valence-corrected chi connectivity index (χ3v) is 6.70. The van der Waals surface area contributed by atoms with Gasteiger partial charge in [-0.2, -0.15) is 17.5 Å². The van der Waals surface area contributed by atoms with Gasteiger partial charge in [0, 0.05) is 26.2 Å². The normalized spacial score (nSPS) is 18.1. The average Bonchev–Trinajstić information content (AvgIpc) is 2.64. The highest BCUT2D eigenvalue weighted by Gasteiger charge is 2.50. The van der Waals surface area contributed by atoms with Gasteiger partial charge in [0.15, 0.2) is 5.96 Å². The number of guanidine groups is 1. The van der Waals surface area contributed by atoms with Gasteiger partial charge in [-0.05, 0) is 38.5 Å². The van der Waals surface area contributed by atoms with Crippen LogP contribution < -0.4 is 10.6 Å². The highest BCUT2D eigenvalue weighted by atomic mass is 32.2. The van der Waals surface area contributed by atoms with Crippen molar-refractivity contribution in [1.82, 2.24) is 14.9 Å². The summed E-state index contributed by atoms with van der Waals surface area (Å²) < 4.78 is 61.5. The smallest absolute Gasteiger partial charge is 0.388 e. The first-order valence-electron chi connectivity index (χ1n) is 10.3. The number of aliphatic imine (C=N–C) groups is 1. The van der Waals surface area contributed by atoms with Crippen molar-refractivity contribution in [2.24, 2.45) is 10.9 Å². The maximum absolute atomic E-state index is 12.7. The third kappa shape index (κ3) is 7.93. The second-order valence-electron chi connectivity index (χ2n) is 7.59. The summed E-state index contributed by atoms with van der Waals surface area (Å²) in [5.41, 5.74) is -6.10. The standard InChI is InChI=1S/C18H35F3N4O3S/c1-4-9-17(26,10-5-2)14-24-16(22-6-3)23-13-15-7-11-25(12-8-15)29(27,28)18(19,20)21/h15,26H,4-14H2,1-3H3,(H2,22,23,24). The molecule has 11 heteroatoms. The van der Waals surface area contributed by atoms with Crippen LogP contribution in [0.2, 0.25) is 0 Å². The monoisotopic (exact) mass is 444 g/mol. The van der Waals surface area contributed by atoms with Crippen LogP contribution in [0.15, 0.2) is 4.99 Å². The van der Waals surface area contributed by atoms with E-state index in [1.54, 1.807) is 0 Å². The highest BCUT2D eigenvalue weighted by molar-refractivity contribution is 7.90. The van der Waals surface area contributed by atoms with E-state index in [0.717, 1.165) is 12.8 Å². The average molecular weight is 445 g/mol. The molecule has 0 aromatic rings. The molecule has 1 fully saturated rings. The largest absolute Gasteiger partial charge is 0.511 e. The van der Waals surface area contributed by atoms with Crippen LogP contribution in [-0.4, -0.2) is 67.6 Å². The zero-order valence-corrected chi connectivity index (χ0v) is 18.4. The summed E-state index contributed by atoms with van der Waals surface area (Å²) in [6.07, 6.45) is 3.73. The Morgan fingerprint density at radius 2 is 1.66 bits per heavy atom. The van der Waals surface area contributed by atoms with E-state index >= 15 is 0 Å². The SMILES string of the molecule is CCCC(O)(CCC)CN=C(NCC)NCC1CCN(S(=O)(=O)C(F)(F)F)CC1. The number of hydrogen-bond acceptors (Lipinski definition) is 4. The van der Waals surface area contributed by atoms with Crippen molar-refractivity contribution in [3.05, 3.63) is 0 Å². The van der Waals surface area contributed by atoms with Crippen molar-refractivity contribution in [3.8, 4) is 0 Å². The molecular weight excluding hydrogens is 409 g/mol. The quantitative estimate of drug-likeness (QED) is 0.355. The zero-order chi connectivity index (χ0) is 22.1. The number of halogens is 3. The summed E-state index contributed by atoms with van der Waals surface area (Å²) in [5.74, 6) is 0.590. The van der Waals surface area contributed by atoms with Crippen molar-refractivity contribution < 1.29 is 26.7 Å². The highest BCUT2D eigenvalue weighted by Crippen LogP contribution is 2.30. The van der Waals surface area contributed by atoms with Crippen LogP contribution in [0.3, 0.4) is 0 Å². The molecule has 0 aromatic carbocycles. The number of sulfonamides is 1. The Kier molecular flexibility index (Phi) is 10.2. The molecule has 0 unspecified atom stereocenters. The fraction of sp³-hybridized carbons (Fsp3) is 0.944. The Morgan fingerprint density at radius 1 is 1.10 bits per heavy atom. The minimum atomic E-state index is -5.25. The number of alkyl halides is 3. The molecule has 29 heavy (non-hydrogen) atoms. The molecule has 1 aliphatic rings. The lowest BCUT2D eigenvalue weighted by Gasteiger charge is -2.32. The Labute approximate surface area is 172 Å². The molecule has 1 rings (SSSR count). The number of hydrogen-bond donors (Lipinski definition) is 3. The van der Waals surface area contributed by atoms with E-state index in [-0.39, 0.29) is 25.6 Å². The fourth-order valence-electron chi connectivity index (χ4n) is 3.52. The van der Waals surface area contributed by atoms with E-state index < -0.39 is 21.1 Å². The van der Waals surface area contributed by atoms with Gasteiger partial charge < -0.3 is 15.7 Å². The van der Waals surface area contributed by atoms with Gasteiger partial charge in [0.2, 0.25) is 0 Å². The second-order valence-corrected chi connectivity index (χ2v) is 9.52. The molecule has 0 spiro atoms. The number of nitrogens with one attached hydrogen (secondary N) is 2. The first-order chi connectivity index (χ1) is 13.5. The lowest BCUT2D eigenvalue weighted by Crippen LogP contribution is -2.47. The maximum atomic E-state index is 12.7. The molecule has 7 nitrogen and oxygen atoms in total. The van der Waals surface area contributed by atoms with E-state index in [1.807, 2.05) is 20.8 Å². The number of rotatable bonds is 10. The summed E-state index contributed by atoms with van der Waals surface area (Å²) in [7, 11) is -5.25. The predicted molar refractivity (Wildman–Crippen MR) is 108 cm³/mol.